The van der Waals surface area contributed by atoms with E-state index >= 15 is 0 Å². The lowest BCUT2D eigenvalue weighted by atomic mass is 9.78. The van der Waals surface area contributed by atoms with Crippen molar-refractivity contribution in [2.45, 2.75) is 53.0 Å². The number of rotatable bonds is 5. The van der Waals surface area contributed by atoms with Crippen LogP contribution < -0.4 is 5.32 Å². The van der Waals surface area contributed by atoms with E-state index < -0.39 is 0 Å². The third kappa shape index (κ3) is 4.07. The second kappa shape index (κ2) is 5.07. The number of hydrogen-bond acceptors (Lipinski definition) is 3. The van der Waals surface area contributed by atoms with E-state index in [4.69, 9.17) is 0 Å². The smallest absolute Gasteiger partial charge is 0.0897 e. The van der Waals surface area contributed by atoms with Crippen LogP contribution in [0.3, 0.4) is 0 Å². The quantitative estimate of drug-likeness (QED) is 0.868. The molecule has 2 nitrogen and oxygen atoms in total. The first-order valence-corrected chi connectivity index (χ1v) is 7.47. The highest BCUT2D eigenvalue weighted by atomic mass is 32.1. The Morgan fingerprint density at radius 1 is 1.47 bits per heavy atom. The summed E-state index contributed by atoms with van der Waals surface area (Å²) in [6, 6.07) is 0.803. The Hall–Kier alpha value is -0.410. The molecule has 1 aliphatic carbocycles. The Kier molecular flexibility index (Phi) is 3.88. The lowest BCUT2D eigenvalue weighted by Gasteiger charge is -2.30. The van der Waals surface area contributed by atoms with Crippen LogP contribution >= 0.6 is 11.3 Å². The SMILES string of the molecule is Cc1nc(CC(CNC2CC2)C(C)(C)C)cs1. The van der Waals surface area contributed by atoms with Gasteiger partial charge in [0.1, 0.15) is 0 Å². The van der Waals surface area contributed by atoms with E-state index in [0.29, 0.717) is 11.3 Å². The zero-order chi connectivity index (χ0) is 12.5. The van der Waals surface area contributed by atoms with Crippen LogP contribution in [0, 0.1) is 18.3 Å². The van der Waals surface area contributed by atoms with Crippen LogP contribution in [0.25, 0.3) is 0 Å². The van der Waals surface area contributed by atoms with Crippen molar-refractivity contribution in [2.24, 2.45) is 11.3 Å². The maximum absolute atomic E-state index is 4.60. The fourth-order valence-corrected chi connectivity index (χ4v) is 2.66. The van der Waals surface area contributed by atoms with Crippen LogP contribution in [0.1, 0.15) is 44.3 Å². The molecule has 17 heavy (non-hydrogen) atoms. The van der Waals surface area contributed by atoms with Gasteiger partial charge in [-0.3, -0.25) is 0 Å². The Bertz CT molecular complexity index is 361. The van der Waals surface area contributed by atoms with Gasteiger partial charge in [0.15, 0.2) is 0 Å². The maximum Gasteiger partial charge on any atom is 0.0897 e. The molecule has 1 unspecified atom stereocenters. The highest BCUT2D eigenvalue weighted by molar-refractivity contribution is 7.09. The lowest BCUT2D eigenvalue weighted by Crippen LogP contribution is -2.34. The minimum atomic E-state index is 0.347. The monoisotopic (exact) mass is 252 g/mol. The number of nitrogens with one attached hydrogen (secondary N) is 1. The second-order valence-corrected chi connectivity index (χ2v) is 7.37. The second-order valence-electron chi connectivity index (χ2n) is 6.31. The lowest BCUT2D eigenvalue weighted by molar-refractivity contribution is 0.229. The van der Waals surface area contributed by atoms with E-state index in [-0.39, 0.29) is 0 Å². The Morgan fingerprint density at radius 3 is 2.65 bits per heavy atom. The van der Waals surface area contributed by atoms with Crippen molar-refractivity contribution in [1.82, 2.24) is 10.3 Å². The highest BCUT2D eigenvalue weighted by Crippen LogP contribution is 2.30. The molecule has 1 aromatic heterocycles. The Morgan fingerprint density at radius 2 is 2.18 bits per heavy atom. The largest absolute Gasteiger partial charge is 0.314 e. The van der Waals surface area contributed by atoms with E-state index in [0.717, 1.165) is 19.0 Å². The van der Waals surface area contributed by atoms with Gasteiger partial charge in [-0.2, -0.15) is 0 Å². The zero-order valence-corrected chi connectivity index (χ0v) is 12.2. The van der Waals surface area contributed by atoms with E-state index in [2.05, 4.69) is 43.4 Å². The van der Waals surface area contributed by atoms with E-state index in [1.807, 2.05) is 0 Å². The van der Waals surface area contributed by atoms with Crippen LogP contribution in [-0.2, 0) is 6.42 Å². The van der Waals surface area contributed by atoms with Crippen molar-refractivity contribution < 1.29 is 0 Å². The van der Waals surface area contributed by atoms with Crippen molar-refractivity contribution in [3.8, 4) is 0 Å². The molecule has 3 heteroatoms. The number of nitrogens with zero attached hydrogens (tertiary/aromatic N) is 1. The zero-order valence-electron chi connectivity index (χ0n) is 11.4. The van der Waals surface area contributed by atoms with E-state index in [1.54, 1.807) is 11.3 Å². The van der Waals surface area contributed by atoms with Crippen molar-refractivity contribution >= 4 is 11.3 Å². The fourth-order valence-electron chi connectivity index (χ4n) is 2.04. The van der Waals surface area contributed by atoms with Crippen LogP contribution in [0.4, 0.5) is 0 Å². The van der Waals surface area contributed by atoms with Crippen LogP contribution in [0.2, 0.25) is 0 Å². The molecule has 1 N–H and O–H groups in total. The predicted octanol–water partition coefficient (Wildman–Crippen LogP) is 3.41. The average Bonchev–Trinajstić information content (AvgIpc) is 2.95. The third-order valence-electron chi connectivity index (χ3n) is 3.58. The summed E-state index contributed by atoms with van der Waals surface area (Å²) in [5.41, 5.74) is 1.62. The van der Waals surface area contributed by atoms with Crippen LogP contribution in [0.15, 0.2) is 5.38 Å². The van der Waals surface area contributed by atoms with E-state index in [9.17, 15) is 0 Å². The Labute approximate surface area is 109 Å². The molecule has 0 amide bonds. The standard InChI is InChI=1S/C14H24N2S/c1-10-16-13(9-17-10)7-11(14(2,3)4)8-15-12-5-6-12/h9,11-12,15H,5-8H2,1-4H3. The van der Waals surface area contributed by atoms with Gasteiger partial charge < -0.3 is 5.32 Å². The summed E-state index contributed by atoms with van der Waals surface area (Å²) in [6.07, 6.45) is 3.84. The first-order chi connectivity index (χ1) is 7.95. The molecule has 0 radical (unpaired) electrons. The van der Waals surface area contributed by atoms with Crippen molar-refractivity contribution in [1.29, 1.82) is 0 Å². The molecule has 2 rings (SSSR count). The van der Waals surface area contributed by atoms with Crippen LogP contribution in [-0.4, -0.2) is 17.6 Å². The molecule has 0 bridgehead atoms. The number of aryl methyl sites for hydroxylation is 1. The number of aromatic nitrogens is 1. The van der Waals surface area contributed by atoms with Gasteiger partial charge in [-0.1, -0.05) is 20.8 Å². The summed E-state index contributed by atoms with van der Waals surface area (Å²) in [4.78, 5) is 4.60. The minimum absolute atomic E-state index is 0.347. The summed E-state index contributed by atoms with van der Waals surface area (Å²) in [5, 5.41) is 7.06. The first-order valence-electron chi connectivity index (χ1n) is 6.59. The Balaban J connectivity index is 1.94. The third-order valence-corrected chi connectivity index (χ3v) is 4.40. The predicted molar refractivity (Wildman–Crippen MR) is 74.5 cm³/mol. The maximum atomic E-state index is 4.60. The summed E-state index contributed by atoms with van der Waals surface area (Å²) < 4.78 is 0. The van der Waals surface area contributed by atoms with Crippen molar-refractivity contribution in [2.75, 3.05) is 6.54 Å². The molecule has 0 aromatic carbocycles. The number of hydrogen-bond donors (Lipinski definition) is 1. The molecule has 1 aliphatic rings. The van der Waals surface area contributed by atoms with Gasteiger partial charge >= 0.3 is 0 Å². The average molecular weight is 252 g/mol. The topological polar surface area (TPSA) is 24.9 Å². The molecule has 1 aromatic rings. The summed E-state index contributed by atoms with van der Waals surface area (Å²) in [6.45, 7) is 10.2. The summed E-state index contributed by atoms with van der Waals surface area (Å²) in [7, 11) is 0. The summed E-state index contributed by atoms with van der Waals surface area (Å²) >= 11 is 1.76. The molecule has 0 spiro atoms. The molecule has 1 saturated carbocycles. The number of thiazole rings is 1. The molecule has 0 aliphatic heterocycles. The minimum Gasteiger partial charge on any atom is -0.314 e. The van der Waals surface area contributed by atoms with Gasteiger partial charge in [0.25, 0.3) is 0 Å². The van der Waals surface area contributed by atoms with Gasteiger partial charge in [-0.25, -0.2) is 4.98 Å². The first kappa shape index (κ1) is 13.0. The van der Waals surface area contributed by atoms with Crippen molar-refractivity contribution in [3.63, 3.8) is 0 Å². The molecular formula is C14H24N2S. The van der Waals surface area contributed by atoms with Crippen LogP contribution in [0.5, 0.6) is 0 Å². The van der Waals surface area contributed by atoms with Gasteiger partial charge in [-0.05, 0) is 44.1 Å². The molecule has 1 fully saturated rings. The normalized spacial score (nSPS) is 18.4. The molecule has 1 atom stereocenters. The molecule has 1 heterocycles. The van der Waals surface area contributed by atoms with Gasteiger partial charge in [0.05, 0.1) is 10.7 Å². The van der Waals surface area contributed by atoms with Crippen molar-refractivity contribution in [3.05, 3.63) is 16.1 Å². The molecule has 96 valence electrons. The van der Waals surface area contributed by atoms with E-state index in [1.165, 1.54) is 23.5 Å². The molecular weight excluding hydrogens is 228 g/mol. The van der Waals surface area contributed by atoms with Gasteiger partial charge in [-0.15, -0.1) is 11.3 Å². The van der Waals surface area contributed by atoms with Gasteiger partial charge in [0.2, 0.25) is 0 Å². The summed E-state index contributed by atoms with van der Waals surface area (Å²) in [5.74, 6) is 0.671. The molecule has 0 saturated heterocycles. The van der Waals surface area contributed by atoms with Gasteiger partial charge in [0, 0.05) is 11.4 Å². The highest BCUT2D eigenvalue weighted by Gasteiger charge is 2.28. The fraction of sp³-hybridized carbons (Fsp3) is 0.786.